The first kappa shape index (κ1) is 15.0. The molecular formula is C15H32N2. The summed E-state index contributed by atoms with van der Waals surface area (Å²) in [5.41, 5.74) is 0. The summed E-state index contributed by atoms with van der Waals surface area (Å²) in [5.74, 6) is 0. The molecule has 1 aliphatic rings. The van der Waals surface area contributed by atoms with E-state index in [2.05, 4.69) is 24.2 Å². The molecule has 2 heteroatoms. The molecule has 1 saturated heterocycles. The van der Waals surface area contributed by atoms with E-state index < -0.39 is 0 Å². The van der Waals surface area contributed by atoms with Crippen LogP contribution in [0.5, 0.6) is 0 Å². The highest BCUT2D eigenvalue weighted by Gasteiger charge is 2.17. The van der Waals surface area contributed by atoms with E-state index in [9.17, 15) is 0 Å². The van der Waals surface area contributed by atoms with Crippen LogP contribution in [0.3, 0.4) is 0 Å². The van der Waals surface area contributed by atoms with Gasteiger partial charge >= 0.3 is 0 Å². The van der Waals surface area contributed by atoms with Crippen molar-refractivity contribution in [2.24, 2.45) is 0 Å². The summed E-state index contributed by atoms with van der Waals surface area (Å²) in [6.07, 6.45) is 12.7. The Morgan fingerprint density at radius 2 is 1.65 bits per heavy atom. The number of likely N-dealkylation sites (N-methyl/N-ethyl adjacent to an activating group) is 1. The summed E-state index contributed by atoms with van der Waals surface area (Å²) in [4.78, 5) is 2.55. The molecule has 1 rings (SSSR count). The Morgan fingerprint density at radius 1 is 1.00 bits per heavy atom. The van der Waals surface area contributed by atoms with Crippen LogP contribution in [0.4, 0.5) is 0 Å². The van der Waals surface area contributed by atoms with E-state index in [4.69, 9.17) is 0 Å². The Bertz CT molecular complexity index is 164. The van der Waals surface area contributed by atoms with Gasteiger partial charge in [0.25, 0.3) is 0 Å². The van der Waals surface area contributed by atoms with E-state index in [0.29, 0.717) is 0 Å². The molecule has 1 N–H and O–H groups in total. The summed E-state index contributed by atoms with van der Waals surface area (Å²) in [6, 6.07) is 0.805. The number of unbranched alkanes of at least 4 members (excludes halogenated alkanes) is 7. The molecule has 1 unspecified atom stereocenters. The van der Waals surface area contributed by atoms with Gasteiger partial charge in [0.1, 0.15) is 0 Å². The van der Waals surface area contributed by atoms with Crippen molar-refractivity contribution >= 4 is 0 Å². The number of hydrogen-bond acceptors (Lipinski definition) is 2. The van der Waals surface area contributed by atoms with Crippen LogP contribution in [-0.4, -0.2) is 37.6 Å². The first-order valence-corrected chi connectivity index (χ1v) is 7.75. The number of nitrogens with zero attached hydrogens (tertiary/aromatic N) is 1. The third kappa shape index (κ3) is 7.05. The average Bonchev–Trinajstić information content (AvgIpc) is 2.86. The van der Waals surface area contributed by atoms with Gasteiger partial charge in [-0.05, 0) is 33.0 Å². The molecule has 0 aliphatic carbocycles. The molecule has 0 radical (unpaired) electrons. The standard InChI is InChI=1S/C15H32N2/c1-3-4-5-6-7-8-9-10-13-17(2)15-11-12-16-14-15/h15-16H,3-14H2,1-2H3. The predicted octanol–water partition coefficient (Wildman–Crippen LogP) is 3.42. The summed E-state index contributed by atoms with van der Waals surface area (Å²) < 4.78 is 0. The van der Waals surface area contributed by atoms with Crippen molar-refractivity contribution < 1.29 is 0 Å². The molecule has 0 aromatic heterocycles. The highest BCUT2D eigenvalue weighted by Crippen LogP contribution is 2.11. The van der Waals surface area contributed by atoms with E-state index >= 15 is 0 Å². The van der Waals surface area contributed by atoms with Gasteiger partial charge < -0.3 is 10.2 Å². The molecule has 17 heavy (non-hydrogen) atoms. The molecule has 0 amide bonds. The summed E-state index contributed by atoms with van der Waals surface area (Å²) in [5, 5.41) is 3.44. The van der Waals surface area contributed by atoms with E-state index in [1.165, 1.54) is 77.4 Å². The van der Waals surface area contributed by atoms with Crippen LogP contribution in [0, 0.1) is 0 Å². The van der Waals surface area contributed by atoms with Crippen LogP contribution >= 0.6 is 0 Å². The van der Waals surface area contributed by atoms with Crippen LogP contribution in [-0.2, 0) is 0 Å². The number of hydrogen-bond donors (Lipinski definition) is 1. The van der Waals surface area contributed by atoms with Crippen molar-refractivity contribution in [3.05, 3.63) is 0 Å². The van der Waals surface area contributed by atoms with Crippen molar-refractivity contribution in [3.63, 3.8) is 0 Å². The third-order valence-corrected chi connectivity index (χ3v) is 4.02. The maximum absolute atomic E-state index is 3.44. The van der Waals surface area contributed by atoms with E-state index in [1.807, 2.05) is 0 Å². The molecule has 1 aliphatic heterocycles. The first-order valence-electron chi connectivity index (χ1n) is 7.75. The third-order valence-electron chi connectivity index (χ3n) is 4.02. The van der Waals surface area contributed by atoms with Gasteiger partial charge in [-0.25, -0.2) is 0 Å². The zero-order valence-electron chi connectivity index (χ0n) is 12.0. The Hall–Kier alpha value is -0.0800. The maximum Gasteiger partial charge on any atom is 0.0229 e. The second-order valence-corrected chi connectivity index (χ2v) is 5.60. The van der Waals surface area contributed by atoms with Crippen LogP contribution in [0.25, 0.3) is 0 Å². The number of nitrogens with one attached hydrogen (secondary N) is 1. The molecule has 1 atom stereocenters. The topological polar surface area (TPSA) is 15.3 Å². The smallest absolute Gasteiger partial charge is 0.0229 e. The van der Waals surface area contributed by atoms with Gasteiger partial charge in [0.15, 0.2) is 0 Å². The van der Waals surface area contributed by atoms with Gasteiger partial charge in [0.2, 0.25) is 0 Å². The molecular weight excluding hydrogens is 208 g/mol. The van der Waals surface area contributed by atoms with Crippen molar-refractivity contribution in [2.45, 2.75) is 70.8 Å². The SMILES string of the molecule is CCCCCCCCCCN(C)C1CCNC1. The first-order chi connectivity index (χ1) is 8.34. The van der Waals surface area contributed by atoms with Gasteiger partial charge in [-0.1, -0.05) is 51.9 Å². The molecule has 0 aromatic carbocycles. The molecule has 0 saturated carbocycles. The average molecular weight is 240 g/mol. The Labute approximate surface area is 108 Å². The largest absolute Gasteiger partial charge is 0.315 e. The molecule has 1 heterocycles. The fourth-order valence-electron chi connectivity index (χ4n) is 2.69. The molecule has 2 nitrogen and oxygen atoms in total. The zero-order valence-corrected chi connectivity index (χ0v) is 12.0. The van der Waals surface area contributed by atoms with Crippen molar-refractivity contribution in [1.29, 1.82) is 0 Å². The Balaban J connectivity index is 1.83. The fraction of sp³-hybridized carbons (Fsp3) is 1.00. The second kappa shape index (κ2) is 9.90. The Kier molecular flexibility index (Phi) is 8.72. The summed E-state index contributed by atoms with van der Waals surface area (Å²) >= 11 is 0. The van der Waals surface area contributed by atoms with Gasteiger partial charge in [-0.3, -0.25) is 0 Å². The van der Waals surface area contributed by atoms with Crippen LogP contribution in [0.1, 0.15) is 64.7 Å². The quantitative estimate of drug-likeness (QED) is 0.589. The van der Waals surface area contributed by atoms with E-state index in [-0.39, 0.29) is 0 Å². The lowest BCUT2D eigenvalue weighted by Crippen LogP contribution is -2.34. The van der Waals surface area contributed by atoms with Crippen molar-refractivity contribution in [3.8, 4) is 0 Å². The monoisotopic (exact) mass is 240 g/mol. The lowest BCUT2D eigenvalue weighted by molar-refractivity contribution is 0.251. The summed E-state index contributed by atoms with van der Waals surface area (Å²) in [6.45, 7) is 6.00. The van der Waals surface area contributed by atoms with Gasteiger partial charge in [0, 0.05) is 12.6 Å². The molecule has 0 aromatic rings. The van der Waals surface area contributed by atoms with Crippen LogP contribution < -0.4 is 5.32 Å². The van der Waals surface area contributed by atoms with Crippen molar-refractivity contribution in [2.75, 3.05) is 26.7 Å². The van der Waals surface area contributed by atoms with Gasteiger partial charge in [-0.2, -0.15) is 0 Å². The Morgan fingerprint density at radius 3 is 2.24 bits per heavy atom. The molecule has 0 spiro atoms. The second-order valence-electron chi connectivity index (χ2n) is 5.60. The van der Waals surface area contributed by atoms with E-state index in [1.54, 1.807) is 0 Å². The number of rotatable bonds is 10. The minimum Gasteiger partial charge on any atom is -0.315 e. The minimum absolute atomic E-state index is 0.805. The normalized spacial score (nSPS) is 20.3. The highest BCUT2D eigenvalue weighted by molar-refractivity contribution is 4.78. The van der Waals surface area contributed by atoms with Crippen LogP contribution in [0.2, 0.25) is 0 Å². The van der Waals surface area contributed by atoms with Gasteiger partial charge in [0.05, 0.1) is 0 Å². The predicted molar refractivity (Wildman–Crippen MR) is 76.5 cm³/mol. The van der Waals surface area contributed by atoms with Gasteiger partial charge in [-0.15, -0.1) is 0 Å². The summed E-state index contributed by atoms with van der Waals surface area (Å²) in [7, 11) is 2.29. The fourth-order valence-corrected chi connectivity index (χ4v) is 2.69. The minimum atomic E-state index is 0.805. The van der Waals surface area contributed by atoms with Crippen molar-refractivity contribution in [1.82, 2.24) is 10.2 Å². The van der Waals surface area contributed by atoms with Crippen LogP contribution in [0.15, 0.2) is 0 Å². The lowest BCUT2D eigenvalue weighted by atomic mass is 10.1. The lowest BCUT2D eigenvalue weighted by Gasteiger charge is -2.23. The van der Waals surface area contributed by atoms with E-state index in [0.717, 1.165) is 6.04 Å². The zero-order chi connectivity index (χ0) is 12.3. The highest BCUT2D eigenvalue weighted by atomic mass is 15.2. The molecule has 0 bridgehead atoms. The molecule has 1 fully saturated rings. The molecule has 102 valence electrons. The maximum atomic E-state index is 3.44.